The van der Waals surface area contributed by atoms with Gasteiger partial charge < -0.3 is 10.1 Å². The summed E-state index contributed by atoms with van der Waals surface area (Å²) in [6.45, 7) is 0.574. The van der Waals surface area contributed by atoms with E-state index in [4.69, 9.17) is 0 Å². The zero-order valence-electron chi connectivity index (χ0n) is 6.55. The van der Waals surface area contributed by atoms with E-state index in [0.29, 0.717) is 17.0 Å². The fraction of sp³-hybridized carbons (Fsp3) is 0.600. The van der Waals surface area contributed by atoms with E-state index < -0.39 is 4.92 Å². The summed E-state index contributed by atoms with van der Waals surface area (Å²) in [6.07, 6.45) is 0.794. The van der Waals surface area contributed by atoms with Crippen molar-refractivity contribution in [3.05, 3.63) is 14.8 Å². The smallest absolute Gasteiger partial charge is 0.390 e. The number of nitrogens with zero attached hydrogens (tertiary/aromatic N) is 4. The highest BCUT2D eigenvalue weighted by molar-refractivity contribution is 9.10. The molecule has 0 fully saturated rings. The van der Waals surface area contributed by atoms with E-state index in [1.165, 1.54) is 4.68 Å². The number of thiol groups is 1. The van der Waals surface area contributed by atoms with Crippen LogP contribution in [0.15, 0.2) is 4.73 Å². The highest BCUT2D eigenvalue weighted by atomic mass is 79.9. The molecule has 0 saturated heterocycles. The van der Waals surface area contributed by atoms with Gasteiger partial charge in [-0.2, -0.15) is 17.3 Å². The second-order valence-electron chi connectivity index (χ2n) is 2.24. The first kappa shape index (κ1) is 10.5. The van der Waals surface area contributed by atoms with Gasteiger partial charge in [-0.3, -0.25) is 0 Å². The third kappa shape index (κ3) is 2.66. The van der Waals surface area contributed by atoms with Gasteiger partial charge >= 0.3 is 5.95 Å². The lowest BCUT2D eigenvalue weighted by Crippen LogP contribution is -2.01. The average Bonchev–Trinajstić information content (AvgIpc) is 2.44. The van der Waals surface area contributed by atoms with Crippen molar-refractivity contribution in [1.82, 2.24) is 14.8 Å². The quantitative estimate of drug-likeness (QED) is 0.506. The summed E-state index contributed by atoms with van der Waals surface area (Å²) in [4.78, 5) is 13.3. The van der Waals surface area contributed by atoms with Gasteiger partial charge in [0.1, 0.15) is 0 Å². The summed E-state index contributed by atoms with van der Waals surface area (Å²) in [7, 11) is 0. The average molecular weight is 267 g/mol. The normalized spacial score (nSPS) is 10.3. The molecule has 8 heteroatoms. The largest absolute Gasteiger partial charge is 0.492 e. The van der Waals surface area contributed by atoms with Gasteiger partial charge in [-0.05, 0) is 22.1 Å². The molecule has 1 heterocycles. The van der Waals surface area contributed by atoms with Crippen molar-refractivity contribution in [2.24, 2.45) is 0 Å². The summed E-state index contributed by atoms with van der Waals surface area (Å²) < 4.78 is 1.81. The first-order valence-corrected chi connectivity index (χ1v) is 4.93. The van der Waals surface area contributed by atoms with E-state index in [0.717, 1.165) is 6.42 Å². The Labute approximate surface area is 88.0 Å². The molecule has 0 N–H and O–H groups in total. The first-order chi connectivity index (χ1) is 6.15. The van der Waals surface area contributed by atoms with Gasteiger partial charge in [-0.15, -0.1) is 0 Å². The minimum atomic E-state index is -0.623. The summed E-state index contributed by atoms with van der Waals surface area (Å²) in [6, 6.07) is 0. The van der Waals surface area contributed by atoms with Gasteiger partial charge in [0.15, 0.2) is 0 Å². The number of aryl methyl sites for hydroxylation is 1. The zero-order valence-corrected chi connectivity index (χ0v) is 9.03. The van der Waals surface area contributed by atoms with E-state index in [1.54, 1.807) is 0 Å². The Hall–Kier alpha value is -0.630. The van der Waals surface area contributed by atoms with E-state index in [-0.39, 0.29) is 5.95 Å². The molecule has 0 bridgehead atoms. The molecule has 0 amide bonds. The molecule has 1 rings (SSSR count). The van der Waals surface area contributed by atoms with Crippen molar-refractivity contribution < 1.29 is 4.92 Å². The van der Waals surface area contributed by atoms with Crippen LogP contribution < -0.4 is 0 Å². The van der Waals surface area contributed by atoms with Crippen LogP contribution in [0.1, 0.15) is 6.42 Å². The number of rotatable bonds is 4. The summed E-state index contributed by atoms with van der Waals surface area (Å²) in [5.74, 6) is 0.325. The van der Waals surface area contributed by atoms with Crippen molar-refractivity contribution in [3.63, 3.8) is 0 Å². The molecule has 0 radical (unpaired) electrons. The number of nitro groups is 1. The Bertz CT molecular complexity index is 315. The highest BCUT2D eigenvalue weighted by Crippen LogP contribution is 2.12. The highest BCUT2D eigenvalue weighted by Gasteiger charge is 2.18. The van der Waals surface area contributed by atoms with Crippen molar-refractivity contribution in [2.45, 2.75) is 13.0 Å². The maximum Gasteiger partial charge on any atom is 0.492 e. The Morgan fingerprint density at radius 1 is 1.69 bits per heavy atom. The number of hydrogen-bond acceptors (Lipinski definition) is 5. The molecule has 0 atom stereocenters. The maximum absolute atomic E-state index is 10.3. The Morgan fingerprint density at radius 2 is 2.38 bits per heavy atom. The molecular weight excluding hydrogens is 260 g/mol. The van der Waals surface area contributed by atoms with E-state index in [1.807, 2.05) is 0 Å². The fourth-order valence-electron chi connectivity index (χ4n) is 0.752. The van der Waals surface area contributed by atoms with Crippen LogP contribution in [-0.2, 0) is 6.54 Å². The summed E-state index contributed by atoms with van der Waals surface area (Å²) >= 11 is 7.10. The molecule has 0 spiro atoms. The van der Waals surface area contributed by atoms with Gasteiger partial charge in [-0.25, -0.2) is 0 Å². The van der Waals surface area contributed by atoms with Crippen LogP contribution >= 0.6 is 28.6 Å². The molecular formula is C5H7BrN4O2S. The van der Waals surface area contributed by atoms with Crippen molar-refractivity contribution in [3.8, 4) is 0 Å². The molecule has 6 nitrogen and oxygen atoms in total. The molecule has 0 aliphatic rings. The van der Waals surface area contributed by atoms with Crippen LogP contribution in [0.3, 0.4) is 0 Å². The molecule has 1 aromatic heterocycles. The Kier molecular flexibility index (Phi) is 3.67. The lowest BCUT2D eigenvalue weighted by molar-refractivity contribution is -0.394. The topological polar surface area (TPSA) is 73.8 Å². The van der Waals surface area contributed by atoms with Crippen LogP contribution in [-0.4, -0.2) is 25.4 Å². The fourth-order valence-corrected chi connectivity index (χ4v) is 1.31. The van der Waals surface area contributed by atoms with Gasteiger partial charge in [0.2, 0.25) is 0 Å². The molecule has 0 aliphatic heterocycles. The maximum atomic E-state index is 10.3. The number of aromatic nitrogens is 3. The van der Waals surface area contributed by atoms with Crippen LogP contribution in [0.4, 0.5) is 5.95 Å². The molecule has 0 unspecified atom stereocenters. The van der Waals surface area contributed by atoms with Gasteiger partial charge in [0, 0.05) is 21.0 Å². The first-order valence-electron chi connectivity index (χ1n) is 3.50. The number of hydrogen-bond donors (Lipinski definition) is 1. The third-order valence-electron chi connectivity index (χ3n) is 1.31. The Balaban J connectivity index is 2.77. The molecule has 13 heavy (non-hydrogen) atoms. The van der Waals surface area contributed by atoms with Crippen molar-refractivity contribution in [1.29, 1.82) is 0 Å². The summed E-state index contributed by atoms with van der Waals surface area (Å²) in [5.41, 5.74) is 0. The second kappa shape index (κ2) is 4.56. The lowest BCUT2D eigenvalue weighted by atomic mass is 10.5. The SMILES string of the molecule is O=[N+]([O-])c1nc(Br)n(CCCS)n1. The van der Waals surface area contributed by atoms with Gasteiger partial charge in [0.05, 0.1) is 6.54 Å². The van der Waals surface area contributed by atoms with Crippen molar-refractivity contribution in [2.75, 3.05) is 5.75 Å². The van der Waals surface area contributed by atoms with E-state index >= 15 is 0 Å². The Morgan fingerprint density at radius 3 is 2.85 bits per heavy atom. The van der Waals surface area contributed by atoms with Crippen LogP contribution in [0.2, 0.25) is 0 Å². The van der Waals surface area contributed by atoms with Gasteiger partial charge in [-0.1, -0.05) is 0 Å². The minimum absolute atomic E-state index is 0.376. The molecule has 72 valence electrons. The molecule has 0 aromatic carbocycles. The molecule has 0 aliphatic carbocycles. The minimum Gasteiger partial charge on any atom is -0.390 e. The van der Waals surface area contributed by atoms with Gasteiger partial charge in [0.25, 0.3) is 4.73 Å². The second-order valence-corrected chi connectivity index (χ2v) is 3.39. The number of halogens is 1. The monoisotopic (exact) mass is 266 g/mol. The summed E-state index contributed by atoms with van der Waals surface area (Å²) in [5, 5.41) is 13.9. The molecule has 1 aromatic rings. The van der Waals surface area contributed by atoms with Crippen LogP contribution in [0.25, 0.3) is 0 Å². The lowest BCUT2D eigenvalue weighted by Gasteiger charge is -1.92. The van der Waals surface area contributed by atoms with E-state index in [9.17, 15) is 10.1 Å². The predicted octanol–water partition coefficient (Wildman–Crippen LogP) is 1.27. The van der Waals surface area contributed by atoms with Crippen molar-refractivity contribution >= 4 is 34.5 Å². The van der Waals surface area contributed by atoms with Crippen LogP contribution in [0.5, 0.6) is 0 Å². The zero-order chi connectivity index (χ0) is 9.84. The third-order valence-corrected chi connectivity index (χ3v) is 2.21. The predicted molar refractivity (Wildman–Crippen MR) is 52.8 cm³/mol. The van der Waals surface area contributed by atoms with Crippen LogP contribution in [0, 0.1) is 10.1 Å². The van der Waals surface area contributed by atoms with E-state index in [2.05, 4.69) is 38.6 Å². The standard InChI is InChI=1S/C5H7BrN4O2S/c6-4-7-5(10(11)12)8-9(4)2-1-3-13/h13H,1-3H2. The molecule has 0 saturated carbocycles.